The van der Waals surface area contributed by atoms with Crippen LogP contribution in [0, 0.1) is 10.8 Å². The van der Waals surface area contributed by atoms with Gasteiger partial charge in [0.1, 0.15) is 17.2 Å². The first-order chi connectivity index (χ1) is 17.7. The van der Waals surface area contributed by atoms with Crippen LogP contribution >= 0.6 is 0 Å². The van der Waals surface area contributed by atoms with E-state index in [0.717, 1.165) is 0 Å². The molecule has 220 valence electrons. The maximum atomic E-state index is 12.9. The molecule has 0 saturated heterocycles. The predicted octanol–water partition coefficient (Wildman–Crippen LogP) is 5.42. The maximum absolute atomic E-state index is 12.9. The van der Waals surface area contributed by atoms with Crippen molar-refractivity contribution in [1.29, 1.82) is 0 Å². The van der Waals surface area contributed by atoms with Gasteiger partial charge in [-0.05, 0) is 85.9 Å². The number of carbonyl (C=O) groups is 4. The number of carboxylic acid groups (broad SMARTS) is 1. The first-order valence-electron chi connectivity index (χ1n) is 13.1. The highest BCUT2D eigenvalue weighted by Crippen LogP contribution is 2.35. The van der Waals surface area contributed by atoms with Crippen LogP contribution in [0.4, 0.5) is 4.79 Å². The van der Waals surface area contributed by atoms with Gasteiger partial charge in [-0.2, -0.15) is 0 Å². The highest BCUT2D eigenvalue weighted by Gasteiger charge is 2.38. The second-order valence-corrected chi connectivity index (χ2v) is 12.3. The maximum Gasteiger partial charge on any atom is 0.509 e. The molecule has 3 N–H and O–H groups in total. The molecule has 0 aliphatic rings. The average molecular weight is 552 g/mol. The fourth-order valence-electron chi connectivity index (χ4n) is 3.18. The van der Waals surface area contributed by atoms with E-state index in [1.54, 1.807) is 54.5 Å². The first-order valence-corrected chi connectivity index (χ1v) is 13.1. The minimum absolute atomic E-state index is 0.0231. The summed E-state index contributed by atoms with van der Waals surface area (Å²) in [6.45, 7) is 17.2. The molecule has 1 unspecified atom stereocenters. The predicted molar refractivity (Wildman–Crippen MR) is 146 cm³/mol. The van der Waals surface area contributed by atoms with Crippen LogP contribution in [0.15, 0.2) is 18.2 Å². The van der Waals surface area contributed by atoms with Gasteiger partial charge in [0.2, 0.25) is 0 Å². The molecule has 1 aromatic carbocycles. The topological polar surface area (TPSA) is 151 Å². The average Bonchev–Trinajstić information content (AvgIpc) is 2.78. The number of rotatable bonds is 12. The van der Waals surface area contributed by atoms with Crippen LogP contribution in [0.1, 0.15) is 94.1 Å². The number of carbonyl (C=O) groups excluding carboxylic acids is 3. The number of ether oxygens (including phenoxy) is 4. The van der Waals surface area contributed by atoms with Crippen LogP contribution in [-0.4, -0.2) is 46.4 Å². The fourth-order valence-corrected chi connectivity index (χ4v) is 3.18. The van der Waals surface area contributed by atoms with Gasteiger partial charge in [-0.15, -0.1) is 0 Å². The van der Waals surface area contributed by atoms with Gasteiger partial charge in [0, 0.05) is 12.8 Å². The van der Waals surface area contributed by atoms with Crippen molar-refractivity contribution in [3.8, 4) is 11.5 Å². The Bertz CT molecular complexity index is 1060. The Kier molecular flexibility index (Phi) is 11.1. The van der Waals surface area contributed by atoms with E-state index < -0.39 is 52.1 Å². The van der Waals surface area contributed by atoms with E-state index in [4.69, 9.17) is 24.7 Å². The molecular formula is C29H45NO9. The Morgan fingerprint density at radius 1 is 0.872 bits per heavy atom. The van der Waals surface area contributed by atoms with Crippen molar-refractivity contribution in [3.05, 3.63) is 23.8 Å². The van der Waals surface area contributed by atoms with Gasteiger partial charge in [0.15, 0.2) is 11.5 Å². The summed E-state index contributed by atoms with van der Waals surface area (Å²) in [5, 5.41) is 9.96. The molecule has 2 atom stereocenters. The lowest BCUT2D eigenvalue weighted by molar-refractivity contribution is -0.147. The normalized spacial score (nSPS) is 14.5. The molecule has 10 nitrogen and oxygen atoms in total. The quantitative estimate of drug-likeness (QED) is 0.254. The van der Waals surface area contributed by atoms with Crippen LogP contribution in [0.25, 0.3) is 0 Å². The van der Waals surface area contributed by atoms with Crippen LogP contribution < -0.4 is 15.2 Å². The van der Waals surface area contributed by atoms with E-state index >= 15 is 0 Å². The van der Waals surface area contributed by atoms with Crippen molar-refractivity contribution in [1.82, 2.24) is 0 Å². The molecule has 10 heteroatoms. The summed E-state index contributed by atoms with van der Waals surface area (Å²) in [5.41, 5.74) is 2.50. The Hall–Kier alpha value is -3.14. The standard InChI is InChI=1S/C29H45NO9/c1-11-27(7,8)23(33)37-20-14-13-19(15-21(20)38-24(34)28(9,10)12-2)17-29(30,22(31)32)16-18(3)36-25(35)39-26(4,5)6/h13-15,18H,11-12,16-17,30H2,1-10H3,(H,31,32)/t18-,29?/m0/s1. The third kappa shape index (κ3) is 10.2. The number of aliphatic carboxylic acids is 1. The van der Waals surface area contributed by atoms with Gasteiger partial charge < -0.3 is 29.8 Å². The third-order valence-electron chi connectivity index (χ3n) is 6.57. The molecule has 0 aliphatic carbocycles. The molecular weight excluding hydrogens is 506 g/mol. The summed E-state index contributed by atoms with van der Waals surface area (Å²) in [6.07, 6.45) is -1.19. The molecule has 0 amide bonds. The lowest BCUT2D eigenvalue weighted by Gasteiger charge is -2.29. The van der Waals surface area contributed by atoms with E-state index in [9.17, 15) is 24.3 Å². The molecule has 0 aliphatic heterocycles. The molecule has 1 rings (SSSR count). The van der Waals surface area contributed by atoms with Crippen molar-refractivity contribution in [2.45, 2.75) is 112 Å². The molecule has 0 aromatic heterocycles. The zero-order valence-corrected chi connectivity index (χ0v) is 24.9. The monoisotopic (exact) mass is 551 g/mol. The highest BCUT2D eigenvalue weighted by atomic mass is 16.7. The summed E-state index contributed by atoms with van der Waals surface area (Å²) in [6, 6.07) is 4.44. The Labute approximate surface area is 231 Å². The molecule has 0 heterocycles. The Balaban J connectivity index is 3.32. The second-order valence-electron chi connectivity index (χ2n) is 12.3. The van der Waals surface area contributed by atoms with Crippen molar-refractivity contribution in [2.75, 3.05) is 0 Å². The van der Waals surface area contributed by atoms with Crippen LogP contribution in [0.2, 0.25) is 0 Å². The van der Waals surface area contributed by atoms with Crippen LogP contribution in [-0.2, 0) is 30.3 Å². The van der Waals surface area contributed by atoms with E-state index in [-0.39, 0.29) is 24.3 Å². The van der Waals surface area contributed by atoms with Gasteiger partial charge in [-0.1, -0.05) is 19.9 Å². The zero-order valence-electron chi connectivity index (χ0n) is 24.9. The van der Waals surface area contributed by atoms with Gasteiger partial charge in [-0.3, -0.25) is 14.4 Å². The summed E-state index contributed by atoms with van der Waals surface area (Å²) in [5.74, 6) is -2.34. The molecule has 0 bridgehead atoms. The SMILES string of the molecule is CCC(C)(C)C(=O)Oc1ccc(CC(N)(C[C@H](C)OC(=O)OC(C)(C)C)C(=O)O)cc1OC(=O)C(C)(C)CC. The molecule has 1 aromatic rings. The van der Waals surface area contributed by atoms with Gasteiger partial charge in [0.05, 0.1) is 10.8 Å². The number of nitrogens with two attached hydrogens (primary N) is 1. The number of carboxylic acids is 1. The Morgan fingerprint density at radius 3 is 1.79 bits per heavy atom. The molecule has 0 saturated carbocycles. The minimum atomic E-state index is -1.84. The highest BCUT2D eigenvalue weighted by molar-refractivity contribution is 5.82. The summed E-state index contributed by atoms with van der Waals surface area (Å²) in [7, 11) is 0. The van der Waals surface area contributed by atoms with Crippen LogP contribution in [0.5, 0.6) is 11.5 Å². The summed E-state index contributed by atoms with van der Waals surface area (Å²) < 4.78 is 21.6. The summed E-state index contributed by atoms with van der Waals surface area (Å²) in [4.78, 5) is 49.9. The lowest BCUT2D eigenvalue weighted by Crippen LogP contribution is -2.52. The van der Waals surface area contributed by atoms with E-state index in [0.29, 0.717) is 18.4 Å². The fraction of sp³-hybridized carbons (Fsp3) is 0.655. The van der Waals surface area contributed by atoms with E-state index in [1.807, 2.05) is 13.8 Å². The molecule has 0 radical (unpaired) electrons. The smallest absolute Gasteiger partial charge is 0.480 e. The number of hydrogen-bond donors (Lipinski definition) is 2. The number of hydrogen-bond acceptors (Lipinski definition) is 9. The van der Waals surface area contributed by atoms with Gasteiger partial charge >= 0.3 is 24.1 Å². The van der Waals surface area contributed by atoms with Crippen LogP contribution in [0.3, 0.4) is 0 Å². The zero-order chi connectivity index (χ0) is 30.4. The van der Waals surface area contributed by atoms with Crippen molar-refractivity contribution < 1.29 is 43.2 Å². The van der Waals surface area contributed by atoms with Gasteiger partial charge in [-0.25, -0.2) is 4.79 Å². The number of esters is 2. The summed E-state index contributed by atoms with van der Waals surface area (Å²) >= 11 is 0. The van der Waals surface area contributed by atoms with Crippen molar-refractivity contribution in [3.63, 3.8) is 0 Å². The van der Waals surface area contributed by atoms with E-state index in [1.165, 1.54) is 19.1 Å². The Morgan fingerprint density at radius 2 is 1.36 bits per heavy atom. The molecule has 0 spiro atoms. The molecule has 0 fully saturated rings. The second kappa shape index (κ2) is 12.8. The van der Waals surface area contributed by atoms with Crippen molar-refractivity contribution in [2.24, 2.45) is 16.6 Å². The van der Waals surface area contributed by atoms with E-state index in [2.05, 4.69) is 0 Å². The third-order valence-corrected chi connectivity index (χ3v) is 6.57. The lowest BCUT2D eigenvalue weighted by atomic mass is 9.86. The largest absolute Gasteiger partial charge is 0.509 e. The minimum Gasteiger partial charge on any atom is -0.480 e. The number of benzene rings is 1. The van der Waals surface area contributed by atoms with Gasteiger partial charge in [0.25, 0.3) is 0 Å². The molecule has 39 heavy (non-hydrogen) atoms. The first kappa shape index (κ1) is 33.9. The van der Waals surface area contributed by atoms with Crippen molar-refractivity contribution >= 4 is 24.1 Å².